The van der Waals surface area contributed by atoms with Crippen LogP contribution in [0.5, 0.6) is 5.75 Å². The molecule has 0 aliphatic carbocycles. The van der Waals surface area contributed by atoms with E-state index in [1.165, 1.54) is 12.4 Å². The number of benzene rings is 1. The Morgan fingerprint density at radius 3 is 2.58 bits per heavy atom. The van der Waals surface area contributed by atoms with Crippen molar-refractivity contribution in [3.05, 3.63) is 41.4 Å². The summed E-state index contributed by atoms with van der Waals surface area (Å²) in [6.07, 6.45) is 2.76. The lowest BCUT2D eigenvalue weighted by Crippen LogP contribution is -2.64. The Labute approximate surface area is 221 Å². The third kappa shape index (κ3) is 5.22. The molecule has 3 fully saturated rings. The fourth-order valence-electron chi connectivity index (χ4n) is 4.78. The molecule has 1 aromatic carbocycles. The number of hydrogen-bond acceptors (Lipinski definition) is 8. The van der Waals surface area contributed by atoms with Gasteiger partial charge in [0.15, 0.2) is 11.6 Å². The molecule has 2 unspecified atom stereocenters. The average molecular weight is 551 g/mol. The molecule has 6 rings (SSSR count). The molecule has 0 saturated carbocycles. The first-order chi connectivity index (χ1) is 18.0. The van der Waals surface area contributed by atoms with Crippen molar-refractivity contribution >= 4 is 46.1 Å². The van der Waals surface area contributed by atoms with Gasteiger partial charge in [0.1, 0.15) is 34.0 Å². The number of hydrogen-bond donors (Lipinski definition) is 1. The number of nitrogens with zero attached hydrogens (tertiary/aromatic N) is 5. The maximum absolute atomic E-state index is 14.8. The molecule has 1 amide bonds. The minimum Gasteiger partial charge on any atom is -0.444 e. The zero-order valence-corrected chi connectivity index (χ0v) is 21.7. The number of pyridine rings is 1. The summed E-state index contributed by atoms with van der Waals surface area (Å²) in [5.74, 6) is -0.554. The van der Waals surface area contributed by atoms with E-state index in [-0.39, 0.29) is 29.7 Å². The smallest absolute Gasteiger partial charge is 0.410 e. The van der Waals surface area contributed by atoms with Crippen molar-refractivity contribution in [3.8, 4) is 5.75 Å². The third-order valence-electron chi connectivity index (χ3n) is 6.44. The van der Waals surface area contributed by atoms with Gasteiger partial charge in [-0.15, -0.1) is 0 Å². The van der Waals surface area contributed by atoms with Crippen molar-refractivity contribution in [3.63, 3.8) is 0 Å². The van der Waals surface area contributed by atoms with E-state index in [4.69, 9.17) is 21.3 Å². The summed E-state index contributed by atoms with van der Waals surface area (Å²) in [4.78, 5) is 29.9. The highest BCUT2D eigenvalue weighted by Crippen LogP contribution is 2.36. The van der Waals surface area contributed by atoms with Gasteiger partial charge in [-0.05, 0) is 57.9 Å². The van der Waals surface area contributed by atoms with Crippen molar-refractivity contribution in [2.75, 3.05) is 23.3 Å². The number of rotatable bonds is 5. The van der Waals surface area contributed by atoms with E-state index in [2.05, 4.69) is 24.9 Å². The van der Waals surface area contributed by atoms with Gasteiger partial charge >= 0.3 is 12.7 Å². The van der Waals surface area contributed by atoms with Crippen LogP contribution < -0.4 is 15.0 Å². The number of ether oxygens (including phenoxy) is 2. The van der Waals surface area contributed by atoms with Crippen molar-refractivity contribution in [2.24, 2.45) is 0 Å². The van der Waals surface area contributed by atoms with Crippen LogP contribution in [0.3, 0.4) is 0 Å². The van der Waals surface area contributed by atoms with E-state index in [1.54, 1.807) is 11.0 Å². The summed E-state index contributed by atoms with van der Waals surface area (Å²) < 4.78 is 49.8. The molecule has 5 heterocycles. The zero-order chi connectivity index (χ0) is 27.2. The van der Waals surface area contributed by atoms with Crippen LogP contribution >= 0.6 is 11.6 Å². The fraction of sp³-hybridized carbons (Fsp3) is 0.440. The van der Waals surface area contributed by atoms with Gasteiger partial charge in [0, 0.05) is 19.1 Å². The Morgan fingerprint density at radius 2 is 1.89 bits per heavy atom. The molecule has 3 aliphatic rings. The first-order valence-corrected chi connectivity index (χ1v) is 12.5. The first-order valence-electron chi connectivity index (χ1n) is 12.1. The number of carbonyl (C=O) groups excluding carboxylic acids is 1. The third-order valence-corrected chi connectivity index (χ3v) is 6.79. The summed E-state index contributed by atoms with van der Waals surface area (Å²) >= 11 is 5.89. The minimum atomic E-state index is -3.14. The lowest BCUT2D eigenvalue weighted by Gasteiger charge is -2.51. The molecule has 2 atom stereocenters. The predicted molar refractivity (Wildman–Crippen MR) is 136 cm³/mol. The maximum atomic E-state index is 14.8. The molecule has 1 N–H and O–H groups in total. The van der Waals surface area contributed by atoms with Crippen LogP contribution in [0.2, 0.25) is 5.02 Å². The Morgan fingerprint density at radius 1 is 1.13 bits per heavy atom. The normalized spacial score (nSPS) is 19.3. The van der Waals surface area contributed by atoms with Gasteiger partial charge in [-0.1, -0.05) is 11.6 Å². The summed E-state index contributed by atoms with van der Waals surface area (Å²) in [5, 5.41) is 2.26. The first kappa shape index (κ1) is 26.1. The molecule has 0 spiro atoms. The second-order valence-electron chi connectivity index (χ2n) is 10.2. The Balaban J connectivity index is 1.40. The van der Waals surface area contributed by atoms with Crippen LogP contribution in [0.15, 0.2) is 30.6 Å². The highest BCUT2D eigenvalue weighted by atomic mass is 35.5. The molecule has 38 heavy (non-hydrogen) atoms. The molecule has 202 valence electrons. The minimum absolute atomic E-state index is 0.0119. The van der Waals surface area contributed by atoms with Crippen LogP contribution in [0.25, 0.3) is 11.0 Å². The largest absolute Gasteiger partial charge is 0.444 e. The fourth-order valence-corrected chi connectivity index (χ4v) is 4.99. The molecule has 2 bridgehead atoms. The highest BCUT2D eigenvalue weighted by molar-refractivity contribution is 6.32. The molecule has 13 heteroatoms. The van der Waals surface area contributed by atoms with Crippen LogP contribution in [-0.2, 0) is 4.74 Å². The standard InChI is InChI=1S/C25H26ClF3N6O3/c1-25(2,3)38-24(36)35-11-13-4-5-14(35)10-34(13)18-9-7-16-21(33-18)22(31-12-30-16)32-15-6-8-17(37-23(28)29)19(26)20(15)27/h6-9,12-14,23H,4-5,10-11H2,1-3H3,(H,30,31,32). The van der Waals surface area contributed by atoms with E-state index < -0.39 is 28.8 Å². The zero-order valence-electron chi connectivity index (χ0n) is 20.9. The van der Waals surface area contributed by atoms with Gasteiger partial charge < -0.3 is 24.6 Å². The Hall–Kier alpha value is -3.54. The summed E-state index contributed by atoms with van der Waals surface area (Å²) in [6.45, 7) is 3.51. The van der Waals surface area contributed by atoms with Gasteiger partial charge in [-0.25, -0.2) is 24.1 Å². The number of anilines is 3. The molecule has 0 radical (unpaired) electrons. The Bertz CT molecular complexity index is 1370. The van der Waals surface area contributed by atoms with Gasteiger partial charge in [0.2, 0.25) is 0 Å². The number of amides is 1. The van der Waals surface area contributed by atoms with Crippen molar-refractivity contribution in [1.29, 1.82) is 0 Å². The summed E-state index contributed by atoms with van der Waals surface area (Å²) in [7, 11) is 0. The van der Waals surface area contributed by atoms with Gasteiger partial charge in [-0.2, -0.15) is 8.78 Å². The Kier molecular flexibility index (Phi) is 6.84. The number of aromatic nitrogens is 3. The van der Waals surface area contributed by atoms with Crippen LogP contribution in [0.1, 0.15) is 33.6 Å². The molecule has 9 nitrogen and oxygen atoms in total. The molecule has 3 saturated heterocycles. The topological polar surface area (TPSA) is 92.7 Å². The SMILES string of the molecule is CC(C)(C)OC(=O)N1CC2CCC1CN2c1ccc2ncnc(Nc3ccc(OC(F)F)c(Cl)c3F)c2n1. The maximum Gasteiger partial charge on any atom is 0.410 e. The van der Waals surface area contributed by atoms with E-state index in [9.17, 15) is 18.0 Å². The number of carbonyl (C=O) groups is 1. The van der Waals surface area contributed by atoms with Crippen molar-refractivity contribution in [1.82, 2.24) is 19.9 Å². The monoisotopic (exact) mass is 550 g/mol. The molecule has 2 aromatic heterocycles. The number of piperidine rings is 2. The average Bonchev–Trinajstić information content (AvgIpc) is 2.87. The number of alkyl halides is 2. The van der Waals surface area contributed by atoms with Crippen molar-refractivity contribution < 1.29 is 27.4 Å². The van der Waals surface area contributed by atoms with E-state index in [0.29, 0.717) is 29.9 Å². The van der Waals surface area contributed by atoms with Gasteiger partial charge in [-0.3, -0.25) is 0 Å². The summed E-state index contributed by atoms with van der Waals surface area (Å²) in [5.41, 5.74) is 0.247. The lowest BCUT2D eigenvalue weighted by atomic mass is 9.91. The van der Waals surface area contributed by atoms with Crippen LogP contribution in [0.4, 0.5) is 35.3 Å². The number of piperazine rings is 1. The summed E-state index contributed by atoms with van der Waals surface area (Å²) in [6, 6.07) is 6.06. The molecule has 3 aliphatic heterocycles. The lowest BCUT2D eigenvalue weighted by molar-refractivity contribution is -0.0499. The number of halogens is 4. The number of nitrogens with one attached hydrogen (secondary N) is 1. The van der Waals surface area contributed by atoms with Crippen molar-refractivity contribution in [2.45, 2.75) is 57.9 Å². The van der Waals surface area contributed by atoms with E-state index in [0.717, 1.165) is 18.9 Å². The second kappa shape index (κ2) is 9.97. The highest BCUT2D eigenvalue weighted by Gasteiger charge is 2.43. The predicted octanol–water partition coefficient (Wildman–Crippen LogP) is 5.75. The molecular formula is C25H26ClF3N6O3. The molecular weight excluding hydrogens is 525 g/mol. The van der Waals surface area contributed by atoms with Crippen LogP contribution in [-0.4, -0.2) is 63.3 Å². The van der Waals surface area contributed by atoms with Gasteiger partial charge in [0.05, 0.1) is 17.2 Å². The van der Waals surface area contributed by atoms with E-state index in [1.807, 2.05) is 26.8 Å². The van der Waals surface area contributed by atoms with Gasteiger partial charge in [0.25, 0.3) is 0 Å². The quantitative estimate of drug-likeness (QED) is 0.429. The van der Waals surface area contributed by atoms with Crippen LogP contribution in [0, 0.1) is 5.82 Å². The molecule has 3 aromatic rings. The van der Waals surface area contributed by atoms with E-state index >= 15 is 0 Å². The second-order valence-corrected chi connectivity index (χ2v) is 10.6. The number of fused-ring (bicyclic) bond motifs is 4.